The lowest BCUT2D eigenvalue weighted by Gasteiger charge is -2.11. The van der Waals surface area contributed by atoms with Crippen LogP contribution in [0.25, 0.3) is 0 Å². The normalized spacial score (nSPS) is 11.8. The second kappa shape index (κ2) is 6.78. The van der Waals surface area contributed by atoms with E-state index in [0.29, 0.717) is 11.5 Å². The number of benzene rings is 1. The van der Waals surface area contributed by atoms with Crippen LogP contribution < -0.4 is 10.6 Å². The maximum atomic E-state index is 13.0. The average molecular weight is 288 g/mol. The summed E-state index contributed by atoms with van der Waals surface area (Å²) in [6, 6.07) is 5.96. The molecule has 1 aromatic carbocycles. The summed E-state index contributed by atoms with van der Waals surface area (Å²) in [5.74, 6) is -0.221. The summed E-state index contributed by atoms with van der Waals surface area (Å²) < 4.78 is 13.0. The summed E-state index contributed by atoms with van der Waals surface area (Å²) >= 11 is 0. The molecule has 0 aliphatic rings. The third kappa shape index (κ3) is 4.24. The van der Waals surface area contributed by atoms with Crippen molar-refractivity contribution in [3.05, 3.63) is 48.2 Å². The fourth-order valence-corrected chi connectivity index (χ4v) is 1.64. The highest BCUT2D eigenvalue weighted by Gasteiger charge is 2.09. The molecule has 5 nitrogen and oxygen atoms in total. The molecule has 0 saturated heterocycles. The van der Waals surface area contributed by atoms with Gasteiger partial charge in [-0.25, -0.2) is 14.4 Å². The number of carbonyl (C=O) groups excluding carboxylic acids is 1. The molecule has 0 aliphatic heterocycles. The number of anilines is 2. The Morgan fingerprint density at radius 2 is 2.14 bits per heavy atom. The minimum Gasteiger partial charge on any atom is -0.366 e. The molecule has 21 heavy (non-hydrogen) atoms. The number of rotatable bonds is 5. The zero-order valence-electron chi connectivity index (χ0n) is 11.9. The molecule has 0 spiro atoms. The van der Waals surface area contributed by atoms with E-state index in [4.69, 9.17) is 0 Å². The van der Waals surface area contributed by atoms with Crippen molar-refractivity contribution in [1.29, 1.82) is 0 Å². The first-order valence-corrected chi connectivity index (χ1v) is 6.74. The zero-order chi connectivity index (χ0) is 15.2. The Kier molecular flexibility index (Phi) is 4.81. The predicted octanol–water partition coefficient (Wildman–Crippen LogP) is 3.08. The molecule has 0 bridgehead atoms. The van der Waals surface area contributed by atoms with Crippen LogP contribution in [0.4, 0.5) is 15.9 Å². The lowest BCUT2D eigenvalue weighted by molar-refractivity contribution is 0.102. The van der Waals surface area contributed by atoms with Crippen molar-refractivity contribution in [2.75, 3.05) is 10.6 Å². The van der Waals surface area contributed by atoms with Crippen molar-refractivity contribution in [1.82, 2.24) is 9.97 Å². The fraction of sp³-hybridized carbons (Fsp3) is 0.267. The number of halogens is 1. The smallest absolute Gasteiger partial charge is 0.275 e. The topological polar surface area (TPSA) is 66.9 Å². The van der Waals surface area contributed by atoms with E-state index >= 15 is 0 Å². The van der Waals surface area contributed by atoms with E-state index < -0.39 is 11.7 Å². The van der Waals surface area contributed by atoms with E-state index in [-0.39, 0.29) is 11.7 Å². The molecule has 6 heteroatoms. The lowest BCUT2D eigenvalue weighted by Crippen LogP contribution is -2.17. The van der Waals surface area contributed by atoms with E-state index in [9.17, 15) is 9.18 Å². The summed E-state index contributed by atoms with van der Waals surface area (Å²) in [5.41, 5.74) is 0.553. The van der Waals surface area contributed by atoms with Gasteiger partial charge in [-0.2, -0.15) is 0 Å². The molecule has 2 rings (SSSR count). The fourth-order valence-electron chi connectivity index (χ4n) is 1.64. The van der Waals surface area contributed by atoms with Crippen molar-refractivity contribution in [2.45, 2.75) is 26.3 Å². The number of hydrogen-bond donors (Lipinski definition) is 2. The number of carbonyl (C=O) groups is 1. The highest BCUT2D eigenvalue weighted by atomic mass is 19.1. The zero-order valence-corrected chi connectivity index (χ0v) is 11.9. The number of nitrogens with one attached hydrogen (secondary N) is 2. The van der Waals surface area contributed by atoms with Crippen LogP contribution in [0.2, 0.25) is 0 Å². The van der Waals surface area contributed by atoms with E-state index in [1.807, 2.05) is 6.92 Å². The van der Waals surface area contributed by atoms with Crippen LogP contribution in [-0.4, -0.2) is 21.9 Å². The Morgan fingerprint density at radius 3 is 2.76 bits per heavy atom. The Labute approximate surface area is 122 Å². The minimum absolute atomic E-state index is 0.175. The second-order valence-corrected chi connectivity index (χ2v) is 4.70. The first kappa shape index (κ1) is 14.9. The van der Waals surface area contributed by atoms with E-state index in [1.54, 1.807) is 6.07 Å². The van der Waals surface area contributed by atoms with Gasteiger partial charge >= 0.3 is 0 Å². The van der Waals surface area contributed by atoms with Crippen LogP contribution >= 0.6 is 0 Å². The molecule has 0 fully saturated rings. The first-order chi connectivity index (χ1) is 10.1. The van der Waals surface area contributed by atoms with E-state index in [1.165, 1.54) is 30.6 Å². The van der Waals surface area contributed by atoms with Gasteiger partial charge in [-0.1, -0.05) is 13.0 Å². The van der Waals surface area contributed by atoms with Gasteiger partial charge in [0.15, 0.2) is 0 Å². The molecule has 1 heterocycles. The third-order valence-corrected chi connectivity index (χ3v) is 2.97. The van der Waals surface area contributed by atoms with Crippen LogP contribution in [0.5, 0.6) is 0 Å². The third-order valence-electron chi connectivity index (χ3n) is 2.97. The number of hydrogen-bond acceptors (Lipinski definition) is 4. The van der Waals surface area contributed by atoms with Gasteiger partial charge < -0.3 is 10.6 Å². The summed E-state index contributed by atoms with van der Waals surface area (Å²) in [7, 11) is 0. The van der Waals surface area contributed by atoms with Crippen LogP contribution in [0.15, 0.2) is 36.7 Å². The Bertz CT molecular complexity index is 615. The van der Waals surface area contributed by atoms with Crippen molar-refractivity contribution in [3.8, 4) is 0 Å². The molecule has 2 aromatic rings. The lowest BCUT2D eigenvalue weighted by atomic mass is 10.2. The standard InChI is InChI=1S/C15H17FN4O/c1-3-10(2)19-14-9-17-13(8-18-14)15(21)20-12-6-4-5-11(16)7-12/h4-10H,3H2,1-2H3,(H,18,19)(H,20,21). The highest BCUT2D eigenvalue weighted by Crippen LogP contribution is 2.11. The van der Waals surface area contributed by atoms with Crippen LogP contribution in [-0.2, 0) is 0 Å². The van der Waals surface area contributed by atoms with Gasteiger partial charge in [-0.05, 0) is 31.5 Å². The van der Waals surface area contributed by atoms with Crippen molar-refractivity contribution >= 4 is 17.4 Å². The van der Waals surface area contributed by atoms with Crippen LogP contribution in [0.1, 0.15) is 30.8 Å². The second-order valence-electron chi connectivity index (χ2n) is 4.70. The molecule has 0 radical (unpaired) electrons. The largest absolute Gasteiger partial charge is 0.366 e. The number of nitrogens with zero attached hydrogens (tertiary/aromatic N) is 2. The highest BCUT2D eigenvalue weighted by molar-refractivity contribution is 6.02. The summed E-state index contributed by atoms with van der Waals surface area (Å²) in [6.07, 6.45) is 3.86. The molecular weight excluding hydrogens is 271 g/mol. The van der Waals surface area contributed by atoms with Crippen molar-refractivity contribution in [3.63, 3.8) is 0 Å². The van der Waals surface area contributed by atoms with Gasteiger partial charge in [-0.15, -0.1) is 0 Å². The van der Waals surface area contributed by atoms with Crippen LogP contribution in [0, 0.1) is 5.82 Å². The summed E-state index contributed by atoms with van der Waals surface area (Å²) in [6.45, 7) is 4.10. The van der Waals surface area contributed by atoms with Crippen molar-refractivity contribution < 1.29 is 9.18 Å². The SMILES string of the molecule is CCC(C)Nc1cnc(C(=O)Nc2cccc(F)c2)cn1. The van der Waals surface area contributed by atoms with Gasteiger partial charge in [0.1, 0.15) is 17.3 Å². The molecule has 1 aromatic heterocycles. The summed E-state index contributed by atoms with van der Waals surface area (Å²) in [5, 5.41) is 5.73. The van der Waals surface area contributed by atoms with Gasteiger partial charge in [-0.3, -0.25) is 4.79 Å². The van der Waals surface area contributed by atoms with Gasteiger partial charge in [0.25, 0.3) is 5.91 Å². The quantitative estimate of drug-likeness (QED) is 0.887. The Hall–Kier alpha value is -2.50. The average Bonchev–Trinajstić information content (AvgIpc) is 2.47. The van der Waals surface area contributed by atoms with Gasteiger partial charge in [0, 0.05) is 11.7 Å². The molecule has 1 amide bonds. The predicted molar refractivity (Wildman–Crippen MR) is 79.8 cm³/mol. The number of amides is 1. The molecule has 110 valence electrons. The molecule has 1 unspecified atom stereocenters. The Balaban J connectivity index is 2.03. The first-order valence-electron chi connectivity index (χ1n) is 6.74. The molecule has 0 saturated carbocycles. The maximum Gasteiger partial charge on any atom is 0.275 e. The van der Waals surface area contributed by atoms with Gasteiger partial charge in [0.2, 0.25) is 0 Å². The van der Waals surface area contributed by atoms with E-state index in [0.717, 1.165) is 6.42 Å². The minimum atomic E-state index is -0.428. The molecular formula is C15H17FN4O. The summed E-state index contributed by atoms with van der Waals surface area (Å²) in [4.78, 5) is 20.2. The van der Waals surface area contributed by atoms with E-state index in [2.05, 4.69) is 27.5 Å². The Morgan fingerprint density at radius 1 is 1.33 bits per heavy atom. The molecule has 0 aliphatic carbocycles. The van der Waals surface area contributed by atoms with Gasteiger partial charge in [0.05, 0.1) is 12.4 Å². The van der Waals surface area contributed by atoms with Crippen LogP contribution in [0.3, 0.4) is 0 Å². The maximum absolute atomic E-state index is 13.0. The molecule has 2 N–H and O–H groups in total. The monoisotopic (exact) mass is 288 g/mol. The molecule has 1 atom stereocenters. The van der Waals surface area contributed by atoms with Crippen molar-refractivity contribution in [2.24, 2.45) is 0 Å². The number of aromatic nitrogens is 2.